The zero-order valence-electron chi connectivity index (χ0n) is 13.8. The van der Waals surface area contributed by atoms with Gasteiger partial charge in [-0.15, -0.1) is 0 Å². The number of rotatable bonds is 4. The highest BCUT2D eigenvalue weighted by Gasteiger charge is 2.31. The first-order valence-corrected chi connectivity index (χ1v) is 9.52. The number of aromatic nitrogens is 2. The molecule has 1 aliphatic heterocycles. The van der Waals surface area contributed by atoms with Crippen molar-refractivity contribution in [3.05, 3.63) is 41.3 Å². The Hall–Kier alpha value is -2.42. The molecule has 0 saturated carbocycles. The molecule has 25 heavy (non-hydrogen) atoms. The van der Waals surface area contributed by atoms with Crippen LogP contribution < -0.4 is 10.1 Å². The number of ether oxygens (including phenoxy) is 1. The lowest BCUT2D eigenvalue weighted by Crippen LogP contribution is -2.20. The van der Waals surface area contributed by atoms with E-state index < -0.39 is 21.6 Å². The summed E-state index contributed by atoms with van der Waals surface area (Å²) < 4.78 is 43.5. The molecule has 1 fully saturated rings. The van der Waals surface area contributed by atoms with Gasteiger partial charge in [0.2, 0.25) is 0 Å². The number of hydrogen-bond donors (Lipinski definition) is 1. The Labute approximate surface area is 144 Å². The van der Waals surface area contributed by atoms with E-state index in [4.69, 9.17) is 4.74 Å². The van der Waals surface area contributed by atoms with Crippen molar-refractivity contribution in [3.63, 3.8) is 0 Å². The zero-order chi connectivity index (χ0) is 18.2. The number of halogens is 1. The van der Waals surface area contributed by atoms with E-state index in [1.165, 1.54) is 23.9 Å². The maximum atomic E-state index is 13.5. The number of methoxy groups -OCH3 is 1. The topological polar surface area (TPSA) is 90.3 Å². The standard InChI is InChI=1S/C16H18FN3O4S/c1-10-7-15(20(19-10)12-5-6-25(22,23)9-12)18-16(21)13-8-11(17)3-4-14(13)24-2/h3-4,7-8,12H,5-6,9H2,1-2H3,(H,18,21). The smallest absolute Gasteiger partial charge is 0.260 e. The Morgan fingerprint density at radius 2 is 2.16 bits per heavy atom. The van der Waals surface area contributed by atoms with E-state index in [0.29, 0.717) is 17.9 Å². The molecule has 1 atom stereocenters. The van der Waals surface area contributed by atoms with Crippen LogP contribution in [0.1, 0.15) is 28.5 Å². The van der Waals surface area contributed by atoms with Crippen molar-refractivity contribution in [3.8, 4) is 5.75 Å². The second kappa shape index (κ2) is 6.47. The van der Waals surface area contributed by atoms with Crippen LogP contribution >= 0.6 is 0 Å². The van der Waals surface area contributed by atoms with Crippen molar-refractivity contribution in [2.45, 2.75) is 19.4 Å². The summed E-state index contributed by atoms with van der Waals surface area (Å²) in [6, 6.07) is 4.98. The summed E-state index contributed by atoms with van der Waals surface area (Å²) in [6.07, 6.45) is 0.440. The molecule has 1 saturated heterocycles. The highest BCUT2D eigenvalue weighted by atomic mass is 32.2. The fraction of sp³-hybridized carbons (Fsp3) is 0.375. The number of carbonyl (C=O) groups excluding carboxylic acids is 1. The number of hydrogen-bond acceptors (Lipinski definition) is 5. The van der Waals surface area contributed by atoms with Crippen LogP contribution in [-0.2, 0) is 9.84 Å². The van der Waals surface area contributed by atoms with E-state index >= 15 is 0 Å². The molecule has 0 aliphatic carbocycles. The van der Waals surface area contributed by atoms with Crippen molar-refractivity contribution in [2.24, 2.45) is 0 Å². The van der Waals surface area contributed by atoms with Gasteiger partial charge in [-0.1, -0.05) is 0 Å². The first kappa shape index (κ1) is 17.4. The molecule has 0 bridgehead atoms. The van der Waals surface area contributed by atoms with Gasteiger partial charge >= 0.3 is 0 Å². The Morgan fingerprint density at radius 1 is 1.40 bits per heavy atom. The number of sulfone groups is 1. The molecule has 1 aliphatic rings. The minimum atomic E-state index is -3.09. The second-order valence-corrected chi connectivity index (χ2v) is 8.20. The van der Waals surface area contributed by atoms with Crippen molar-refractivity contribution in [1.82, 2.24) is 9.78 Å². The predicted molar refractivity (Wildman–Crippen MR) is 90.2 cm³/mol. The van der Waals surface area contributed by atoms with Gasteiger partial charge in [-0.2, -0.15) is 5.10 Å². The van der Waals surface area contributed by atoms with Crippen molar-refractivity contribution in [1.29, 1.82) is 0 Å². The average Bonchev–Trinajstić information content (AvgIpc) is 3.09. The van der Waals surface area contributed by atoms with Gasteiger partial charge in [-0.3, -0.25) is 4.79 Å². The molecule has 2 heterocycles. The summed E-state index contributed by atoms with van der Waals surface area (Å²) in [5.41, 5.74) is 0.692. The SMILES string of the molecule is COc1ccc(F)cc1C(=O)Nc1cc(C)nn1C1CCS(=O)(=O)C1. The fourth-order valence-electron chi connectivity index (χ4n) is 2.90. The Balaban J connectivity index is 1.89. The fourth-order valence-corrected chi connectivity index (χ4v) is 4.59. The molecule has 7 nitrogen and oxygen atoms in total. The van der Waals surface area contributed by atoms with Crippen molar-refractivity contribution < 1.29 is 22.3 Å². The number of anilines is 1. The number of nitrogens with one attached hydrogen (secondary N) is 1. The number of nitrogens with zero attached hydrogens (tertiary/aromatic N) is 2. The lowest BCUT2D eigenvalue weighted by Gasteiger charge is -2.14. The van der Waals surface area contributed by atoms with E-state index in [9.17, 15) is 17.6 Å². The molecule has 0 spiro atoms. The molecule has 1 aromatic carbocycles. The van der Waals surface area contributed by atoms with Gasteiger partial charge in [-0.05, 0) is 31.5 Å². The molecule has 1 unspecified atom stereocenters. The van der Waals surface area contributed by atoms with Gasteiger partial charge in [-0.25, -0.2) is 17.5 Å². The number of aryl methyl sites for hydroxylation is 1. The summed E-state index contributed by atoms with van der Waals surface area (Å²) in [5, 5.41) is 6.97. The maximum absolute atomic E-state index is 13.5. The molecule has 1 amide bonds. The quantitative estimate of drug-likeness (QED) is 0.892. The van der Waals surface area contributed by atoms with Crippen LogP contribution in [0.3, 0.4) is 0 Å². The van der Waals surface area contributed by atoms with Gasteiger partial charge in [0.25, 0.3) is 5.91 Å². The summed E-state index contributed by atoms with van der Waals surface area (Å²) in [4.78, 5) is 12.5. The van der Waals surface area contributed by atoms with Crippen LogP contribution in [0.25, 0.3) is 0 Å². The van der Waals surface area contributed by atoms with Crippen LogP contribution in [0, 0.1) is 12.7 Å². The Morgan fingerprint density at radius 3 is 2.80 bits per heavy atom. The normalized spacial score (nSPS) is 18.9. The number of carbonyl (C=O) groups is 1. The predicted octanol–water partition coefficient (Wildman–Crippen LogP) is 1.95. The van der Waals surface area contributed by atoms with Gasteiger partial charge < -0.3 is 10.1 Å². The first-order chi connectivity index (χ1) is 11.8. The van der Waals surface area contributed by atoms with Crippen molar-refractivity contribution >= 4 is 21.6 Å². The van der Waals surface area contributed by atoms with Crippen LogP contribution in [-0.4, -0.2) is 42.7 Å². The van der Waals surface area contributed by atoms with Gasteiger partial charge in [0.05, 0.1) is 35.9 Å². The number of benzene rings is 1. The van der Waals surface area contributed by atoms with Crippen LogP contribution in [0.15, 0.2) is 24.3 Å². The molecule has 3 rings (SSSR count). The lowest BCUT2D eigenvalue weighted by molar-refractivity contribution is 0.102. The summed E-state index contributed by atoms with van der Waals surface area (Å²) >= 11 is 0. The third-order valence-corrected chi connectivity index (χ3v) is 5.81. The first-order valence-electron chi connectivity index (χ1n) is 7.70. The average molecular weight is 367 g/mol. The maximum Gasteiger partial charge on any atom is 0.260 e. The van der Waals surface area contributed by atoms with Crippen LogP contribution in [0.4, 0.5) is 10.2 Å². The zero-order valence-corrected chi connectivity index (χ0v) is 14.6. The van der Waals surface area contributed by atoms with E-state index in [-0.39, 0.29) is 28.9 Å². The van der Waals surface area contributed by atoms with Gasteiger partial charge in [0.15, 0.2) is 9.84 Å². The molecule has 134 valence electrons. The number of amides is 1. The summed E-state index contributed by atoms with van der Waals surface area (Å²) in [7, 11) is -1.70. The van der Waals surface area contributed by atoms with E-state index in [0.717, 1.165) is 6.07 Å². The molecule has 2 aromatic rings. The summed E-state index contributed by atoms with van der Waals surface area (Å²) in [5.74, 6) is -0.418. The minimum absolute atomic E-state index is 0.0136. The molecule has 9 heteroatoms. The third kappa shape index (κ3) is 3.65. The monoisotopic (exact) mass is 367 g/mol. The second-order valence-electron chi connectivity index (χ2n) is 5.97. The van der Waals surface area contributed by atoms with Crippen LogP contribution in [0.2, 0.25) is 0 Å². The molecule has 1 N–H and O–H groups in total. The van der Waals surface area contributed by atoms with E-state index in [1.54, 1.807) is 13.0 Å². The van der Waals surface area contributed by atoms with Gasteiger partial charge in [0, 0.05) is 6.07 Å². The largest absolute Gasteiger partial charge is 0.496 e. The van der Waals surface area contributed by atoms with E-state index in [1.807, 2.05) is 0 Å². The molecular formula is C16H18FN3O4S. The van der Waals surface area contributed by atoms with E-state index in [2.05, 4.69) is 10.4 Å². The molecule has 1 aromatic heterocycles. The van der Waals surface area contributed by atoms with Crippen LogP contribution in [0.5, 0.6) is 5.75 Å². The minimum Gasteiger partial charge on any atom is -0.496 e. The molecular weight excluding hydrogens is 349 g/mol. The Bertz CT molecular complexity index is 923. The highest BCUT2D eigenvalue weighted by Crippen LogP contribution is 2.28. The highest BCUT2D eigenvalue weighted by molar-refractivity contribution is 7.91. The van der Waals surface area contributed by atoms with Gasteiger partial charge in [0.1, 0.15) is 17.4 Å². The molecule has 0 radical (unpaired) electrons. The summed E-state index contributed by atoms with van der Waals surface area (Å²) in [6.45, 7) is 1.75. The lowest BCUT2D eigenvalue weighted by atomic mass is 10.2. The van der Waals surface area contributed by atoms with Crippen molar-refractivity contribution in [2.75, 3.05) is 23.9 Å². The Kier molecular flexibility index (Phi) is 4.51. The third-order valence-electron chi connectivity index (χ3n) is 4.06.